The van der Waals surface area contributed by atoms with E-state index in [0.717, 1.165) is 24.6 Å². The second kappa shape index (κ2) is 6.71. The molecule has 1 unspecified atom stereocenters. The summed E-state index contributed by atoms with van der Waals surface area (Å²) in [7, 11) is 2.82. The summed E-state index contributed by atoms with van der Waals surface area (Å²) in [6.45, 7) is 12.3. The van der Waals surface area contributed by atoms with Crippen molar-refractivity contribution in [2.45, 2.75) is 57.7 Å². The summed E-state index contributed by atoms with van der Waals surface area (Å²) < 4.78 is 2.39. The van der Waals surface area contributed by atoms with Gasteiger partial charge in [-0.15, -0.1) is 21.0 Å². The van der Waals surface area contributed by atoms with Gasteiger partial charge in [0.15, 0.2) is 0 Å². The fraction of sp³-hybridized carbons (Fsp3) is 0.588. The Hall–Kier alpha value is -0.530. The molecule has 0 bridgehead atoms. The molecule has 2 nitrogen and oxygen atoms in total. The van der Waals surface area contributed by atoms with Gasteiger partial charge in [0.2, 0.25) is 0 Å². The third kappa shape index (κ3) is 4.47. The molecule has 1 atom stereocenters. The van der Waals surface area contributed by atoms with Crippen LogP contribution in [0.2, 0.25) is 0 Å². The largest absolute Gasteiger partial charge is 0.328 e. The lowest BCUT2D eigenvalue weighted by atomic mass is 9.92. The molecule has 0 aliphatic heterocycles. The van der Waals surface area contributed by atoms with Gasteiger partial charge in [0, 0.05) is 23.1 Å². The van der Waals surface area contributed by atoms with Crippen molar-refractivity contribution < 1.29 is 0 Å². The van der Waals surface area contributed by atoms with Crippen LogP contribution in [0.3, 0.4) is 0 Å². The summed E-state index contributed by atoms with van der Waals surface area (Å²) >= 11 is 1.90. The quantitative estimate of drug-likeness (QED) is 0.569. The van der Waals surface area contributed by atoms with Crippen molar-refractivity contribution in [3.63, 3.8) is 0 Å². The van der Waals surface area contributed by atoms with E-state index in [2.05, 4.69) is 66.6 Å². The van der Waals surface area contributed by atoms with Crippen molar-refractivity contribution in [3.8, 4) is 0 Å². The van der Waals surface area contributed by atoms with Crippen LogP contribution in [0.5, 0.6) is 0 Å². The second-order valence-corrected chi connectivity index (χ2v) is 9.25. The third-order valence-corrected chi connectivity index (χ3v) is 4.47. The van der Waals surface area contributed by atoms with Crippen LogP contribution in [-0.4, -0.2) is 21.0 Å². The third-order valence-electron chi connectivity index (χ3n) is 3.21. The minimum Gasteiger partial charge on any atom is -0.328 e. The van der Waals surface area contributed by atoms with Gasteiger partial charge in [-0.25, -0.2) is 4.98 Å². The maximum Gasteiger partial charge on any atom is 0.110 e. The number of imidazole rings is 1. The van der Waals surface area contributed by atoms with Crippen molar-refractivity contribution in [2.75, 3.05) is 6.16 Å². The van der Waals surface area contributed by atoms with Crippen molar-refractivity contribution in [1.82, 2.24) is 9.55 Å². The lowest BCUT2D eigenvalue weighted by Gasteiger charge is -2.18. The average Bonchev–Trinajstić information content (AvgIpc) is 2.64. The number of rotatable bonds is 5. The monoisotopic (exact) mass is 322 g/mol. The molecule has 0 spiro atoms. The van der Waals surface area contributed by atoms with E-state index >= 15 is 0 Å². The highest BCUT2D eigenvalue weighted by atomic mass is 32.2. The van der Waals surface area contributed by atoms with Crippen LogP contribution in [0.25, 0.3) is 11.0 Å². The molecule has 4 heteroatoms. The van der Waals surface area contributed by atoms with Crippen LogP contribution >= 0.6 is 21.0 Å². The van der Waals surface area contributed by atoms with Crippen molar-refractivity contribution in [2.24, 2.45) is 5.41 Å². The molecule has 2 aromatic rings. The van der Waals surface area contributed by atoms with E-state index in [-0.39, 0.29) is 5.41 Å². The van der Waals surface area contributed by atoms with E-state index in [1.54, 1.807) is 0 Å². The Balaban J connectivity index is 2.45. The molecule has 0 aliphatic carbocycles. The Morgan fingerprint density at radius 2 is 2.00 bits per heavy atom. The SMILES string of the molecule is CC(C)Sc1ccc2c(c1)nc(CC(C)(C)C)n2CCP. The van der Waals surface area contributed by atoms with Gasteiger partial charge in [-0.05, 0) is 29.8 Å². The first kappa shape index (κ1) is 16.8. The van der Waals surface area contributed by atoms with Gasteiger partial charge < -0.3 is 4.57 Å². The number of fused-ring (bicyclic) bond motifs is 1. The molecule has 2 rings (SSSR count). The van der Waals surface area contributed by atoms with Crippen LogP contribution in [0.15, 0.2) is 23.1 Å². The molecule has 0 amide bonds. The molecule has 1 aromatic carbocycles. The molecule has 0 aliphatic rings. The number of aryl methyl sites for hydroxylation is 1. The minimum atomic E-state index is 0.259. The zero-order chi connectivity index (χ0) is 15.6. The molecule has 0 N–H and O–H groups in total. The number of nitrogens with zero attached hydrogens (tertiary/aromatic N) is 2. The van der Waals surface area contributed by atoms with Gasteiger partial charge in [-0.3, -0.25) is 0 Å². The molecule has 1 aromatic heterocycles. The van der Waals surface area contributed by atoms with Crippen molar-refractivity contribution in [1.29, 1.82) is 0 Å². The highest BCUT2D eigenvalue weighted by molar-refractivity contribution is 7.99. The summed E-state index contributed by atoms with van der Waals surface area (Å²) in [5.41, 5.74) is 2.67. The van der Waals surface area contributed by atoms with Gasteiger partial charge in [0.1, 0.15) is 5.82 Å². The van der Waals surface area contributed by atoms with E-state index in [1.807, 2.05) is 11.8 Å². The van der Waals surface area contributed by atoms with E-state index in [0.29, 0.717) is 5.25 Å². The van der Waals surface area contributed by atoms with Crippen LogP contribution in [-0.2, 0) is 13.0 Å². The molecule has 116 valence electrons. The number of thioether (sulfide) groups is 1. The Morgan fingerprint density at radius 3 is 2.57 bits per heavy atom. The maximum atomic E-state index is 4.92. The van der Waals surface area contributed by atoms with E-state index in [9.17, 15) is 0 Å². The van der Waals surface area contributed by atoms with Crippen molar-refractivity contribution in [3.05, 3.63) is 24.0 Å². The number of hydrogen-bond acceptors (Lipinski definition) is 2. The maximum absolute atomic E-state index is 4.92. The molecule has 0 fully saturated rings. The molecule has 1 heterocycles. The predicted molar refractivity (Wildman–Crippen MR) is 98.5 cm³/mol. The van der Waals surface area contributed by atoms with Crippen LogP contribution in [0, 0.1) is 5.41 Å². The summed E-state index contributed by atoms with van der Waals surface area (Å²) in [4.78, 5) is 6.24. The van der Waals surface area contributed by atoms with Gasteiger partial charge in [-0.2, -0.15) is 0 Å². The average molecular weight is 322 g/mol. The highest BCUT2D eigenvalue weighted by Crippen LogP contribution is 2.29. The second-order valence-electron chi connectivity index (χ2n) is 7.02. The van der Waals surface area contributed by atoms with Gasteiger partial charge in [-0.1, -0.05) is 34.6 Å². The molecular weight excluding hydrogens is 295 g/mol. The zero-order valence-electron chi connectivity index (χ0n) is 13.8. The molecule has 0 saturated carbocycles. The van der Waals surface area contributed by atoms with E-state index in [4.69, 9.17) is 4.98 Å². The smallest absolute Gasteiger partial charge is 0.110 e. The van der Waals surface area contributed by atoms with Crippen LogP contribution in [0.4, 0.5) is 0 Å². The Morgan fingerprint density at radius 1 is 1.29 bits per heavy atom. The number of aromatic nitrogens is 2. The summed E-state index contributed by atoms with van der Waals surface area (Å²) in [6.07, 6.45) is 2.07. The Bertz CT molecular complexity index is 611. The lowest BCUT2D eigenvalue weighted by Crippen LogP contribution is -2.15. The van der Waals surface area contributed by atoms with E-state index < -0.39 is 0 Å². The number of hydrogen-bond donors (Lipinski definition) is 0. The topological polar surface area (TPSA) is 17.8 Å². The van der Waals surface area contributed by atoms with Gasteiger partial charge in [0.25, 0.3) is 0 Å². The predicted octanol–water partition coefficient (Wildman–Crippen LogP) is 5.00. The first-order valence-electron chi connectivity index (χ1n) is 7.66. The number of benzene rings is 1. The Labute approximate surface area is 135 Å². The molecule has 0 saturated heterocycles. The fourth-order valence-electron chi connectivity index (χ4n) is 2.49. The Kier molecular flexibility index (Phi) is 5.38. The molecule has 21 heavy (non-hydrogen) atoms. The highest BCUT2D eigenvalue weighted by Gasteiger charge is 2.18. The minimum absolute atomic E-state index is 0.259. The summed E-state index contributed by atoms with van der Waals surface area (Å²) in [5.74, 6) is 1.21. The van der Waals surface area contributed by atoms with Crippen LogP contribution < -0.4 is 0 Å². The fourth-order valence-corrected chi connectivity index (χ4v) is 3.62. The standard InChI is InChI=1S/C17H27N2PS/c1-12(2)21-13-6-7-15-14(10-13)18-16(11-17(3,4)5)19(15)8-9-20/h6-7,10,12H,8-9,11,20H2,1-5H3. The normalized spacial score (nSPS) is 12.5. The molecular formula is C17H27N2PS. The van der Waals surface area contributed by atoms with Gasteiger partial charge >= 0.3 is 0 Å². The molecule has 0 radical (unpaired) electrons. The van der Waals surface area contributed by atoms with E-state index in [1.165, 1.54) is 16.2 Å². The summed E-state index contributed by atoms with van der Waals surface area (Å²) in [6, 6.07) is 6.71. The van der Waals surface area contributed by atoms with Gasteiger partial charge in [0.05, 0.1) is 11.0 Å². The van der Waals surface area contributed by atoms with Crippen LogP contribution in [0.1, 0.15) is 40.4 Å². The first-order chi connectivity index (χ1) is 9.80. The van der Waals surface area contributed by atoms with Crippen molar-refractivity contribution >= 4 is 32.0 Å². The summed E-state index contributed by atoms with van der Waals surface area (Å²) in [5, 5.41) is 0.602. The zero-order valence-corrected chi connectivity index (χ0v) is 15.8. The lowest BCUT2D eigenvalue weighted by molar-refractivity contribution is 0.394. The first-order valence-corrected chi connectivity index (χ1v) is 9.35.